The Hall–Kier alpha value is -0.900. The molecule has 2 aliphatic carbocycles. The number of aliphatic imine (C=N–C) groups is 1. The van der Waals surface area contributed by atoms with E-state index in [0.717, 1.165) is 68.8 Å². The van der Waals surface area contributed by atoms with E-state index in [-0.39, 0.29) is 24.0 Å². The van der Waals surface area contributed by atoms with Crippen molar-refractivity contribution in [3.05, 3.63) is 12.2 Å². The highest BCUT2D eigenvalue weighted by Crippen LogP contribution is 2.46. The lowest BCUT2D eigenvalue weighted by Crippen LogP contribution is -2.55. The average Bonchev–Trinajstić information content (AvgIpc) is 3.44. The van der Waals surface area contributed by atoms with Gasteiger partial charge in [-0.1, -0.05) is 13.3 Å². The van der Waals surface area contributed by atoms with Gasteiger partial charge in [0, 0.05) is 51.7 Å². The standard InChI is InChI=1S/C20H35N7.HI/c1-3-19-24-23-15-27(19)8-7-22-20(21-4-2)26-11-9-25(10-12-26)18-14-16-5-6-17(18)13-16;/h15-18H,3-14H2,1-2H3,(H,21,22);1H. The zero-order chi connectivity index (χ0) is 18.6. The van der Waals surface area contributed by atoms with Gasteiger partial charge in [-0.05, 0) is 38.0 Å². The summed E-state index contributed by atoms with van der Waals surface area (Å²) < 4.78 is 2.11. The van der Waals surface area contributed by atoms with Crippen molar-refractivity contribution >= 4 is 29.9 Å². The Morgan fingerprint density at radius 1 is 1.18 bits per heavy atom. The van der Waals surface area contributed by atoms with Crippen LogP contribution in [0.4, 0.5) is 0 Å². The van der Waals surface area contributed by atoms with Crippen molar-refractivity contribution in [3.63, 3.8) is 0 Å². The third kappa shape index (κ3) is 4.80. The molecular formula is C20H36IN7. The molecule has 7 nitrogen and oxygen atoms in total. The van der Waals surface area contributed by atoms with Crippen LogP contribution < -0.4 is 5.32 Å². The summed E-state index contributed by atoms with van der Waals surface area (Å²) in [6, 6.07) is 0.867. The summed E-state index contributed by atoms with van der Waals surface area (Å²) in [5.41, 5.74) is 0. The molecule has 3 aliphatic rings. The molecule has 158 valence electrons. The van der Waals surface area contributed by atoms with Gasteiger partial charge in [0.1, 0.15) is 12.2 Å². The molecule has 4 rings (SSSR count). The topological polar surface area (TPSA) is 61.6 Å². The van der Waals surface area contributed by atoms with Crippen molar-refractivity contribution in [1.29, 1.82) is 0 Å². The van der Waals surface area contributed by atoms with Gasteiger partial charge >= 0.3 is 0 Å². The molecule has 0 aromatic carbocycles. The largest absolute Gasteiger partial charge is 0.357 e. The van der Waals surface area contributed by atoms with E-state index in [4.69, 9.17) is 4.99 Å². The minimum absolute atomic E-state index is 0. The first-order chi connectivity index (χ1) is 13.3. The second-order valence-electron chi connectivity index (χ2n) is 8.29. The van der Waals surface area contributed by atoms with Gasteiger partial charge < -0.3 is 14.8 Å². The number of fused-ring (bicyclic) bond motifs is 2. The minimum atomic E-state index is 0. The van der Waals surface area contributed by atoms with Gasteiger partial charge in [0.15, 0.2) is 5.96 Å². The minimum Gasteiger partial charge on any atom is -0.357 e. The summed E-state index contributed by atoms with van der Waals surface area (Å²) in [7, 11) is 0. The maximum absolute atomic E-state index is 4.88. The van der Waals surface area contributed by atoms with Gasteiger partial charge in [-0.2, -0.15) is 0 Å². The SMILES string of the molecule is CCNC(=NCCn1cnnc1CC)N1CCN(C2CC3CCC2C3)CC1.I. The summed E-state index contributed by atoms with van der Waals surface area (Å²) in [6.07, 6.45) is 8.65. The Labute approximate surface area is 186 Å². The Balaban J connectivity index is 0.00000225. The van der Waals surface area contributed by atoms with Crippen molar-refractivity contribution in [2.75, 3.05) is 39.3 Å². The number of halogens is 1. The van der Waals surface area contributed by atoms with E-state index in [1.165, 1.54) is 38.8 Å². The normalized spacial score (nSPS) is 27.9. The molecule has 3 fully saturated rings. The van der Waals surface area contributed by atoms with Crippen LogP contribution in [-0.2, 0) is 13.0 Å². The van der Waals surface area contributed by atoms with Crippen molar-refractivity contribution in [3.8, 4) is 0 Å². The number of hydrogen-bond acceptors (Lipinski definition) is 4. The molecule has 3 unspecified atom stereocenters. The summed E-state index contributed by atoms with van der Waals surface area (Å²) in [4.78, 5) is 10.1. The van der Waals surface area contributed by atoms with E-state index >= 15 is 0 Å². The summed E-state index contributed by atoms with van der Waals surface area (Å²) in [5.74, 6) is 4.12. The van der Waals surface area contributed by atoms with Crippen molar-refractivity contribution in [2.45, 2.75) is 58.5 Å². The second-order valence-corrected chi connectivity index (χ2v) is 8.29. The number of aryl methyl sites for hydroxylation is 1. The monoisotopic (exact) mass is 501 g/mol. The maximum Gasteiger partial charge on any atom is 0.194 e. The molecule has 1 aliphatic heterocycles. The maximum atomic E-state index is 4.88. The molecule has 1 saturated heterocycles. The van der Waals surface area contributed by atoms with Crippen LogP contribution >= 0.6 is 24.0 Å². The third-order valence-corrected chi connectivity index (χ3v) is 6.73. The molecule has 2 saturated carbocycles. The number of guanidine groups is 1. The Morgan fingerprint density at radius 2 is 2.00 bits per heavy atom. The molecular weight excluding hydrogens is 465 g/mol. The zero-order valence-electron chi connectivity index (χ0n) is 17.4. The first-order valence-electron chi connectivity index (χ1n) is 10.9. The second kappa shape index (κ2) is 10.2. The van der Waals surface area contributed by atoms with Crippen molar-refractivity contribution in [1.82, 2.24) is 29.9 Å². The first-order valence-corrected chi connectivity index (χ1v) is 10.9. The fourth-order valence-corrected chi connectivity index (χ4v) is 5.35. The van der Waals surface area contributed by atoms with Crippen molar-refractivity contribution < 1.29 is 0 Å². The molecule has 1 N–H and O–H groups in total. The lowest BCUT2D eigenvalue weighted by atomic mass is 9.93. The molecule has 28 heavy (non-hydrogen) atoms. The fraction of sp³-hybridized carbons (Fsp3) is 0.850. The van der Waals surface area contributed by atoms with Gasteiger partial charge in [0.25, 0.3) is 0 Å². The molecule has 1 aromatic rings. The first kappa shape index (κ1) is 21.8. The molecule has 2 bridgehead atoms. The zero-order valence-corrected chi connectivity index (χ0v) is 19.7. The van der Waals surface area contributed by atoms with E-state index in [9.17, 15) is 0 Å². The van der Waals surface area contributed by atoms with Crippen LogP contribution in [0.5, 0.6) is 0 Å². The molecule has 2 heterocycles. The van der Waals surface area contributed by atoms with Crippen LogP contribution in [0.25, 0.3) is 0 Å². The summed E-state index contributed by atoms with van der Waals surface area (Å²) in [6.45, 7) is 11.3. The van der Waals surface area contributed by atoms with Crippen LogP contribution in [0.2, 0.25) is 0 Å². The highest BCUT2D eigenvalue weighted by atomic mass is 127. The number of nitrogens with one attached hydrogen (secondary N) is 1. The number of hydrogen-bond donors (Lipinski definition) is 1. The van der Waals surface area contributed by atoms with Crippen LogP contribution in [-0.4, -0.2) is 75.8 Å². The lowest BCUT2D eigenvalue weighted by Gasteiger charge is -2.42. The molecule has 0 amide bonds. The Bertz CT molecular complexity index is 638. The predicted octanol–water partition coefficient (Wildman–Crippen LogP) is 2.23. The number of aromatic nitrogens is 3. The van der Waals surface area contributed by atoms with Gasteiger partial charge in [-0.15, -0.1) is 34.2 Å². The molecule has 0 radical (unpaired) electrons. The predicted molar refractivity (Wildman–Crippen MR) is 123 cm³/mol. The van der Waals surface area contributed by atoms with Crippen LogP contribution in [0.3, 0.4) is 0 Å². The van der Waals surface area contributed by atoms with Gasteiger partial charge in [-0.25, -0.2) is 0 Å². The number of rotatable bonds is 6. The van der Waals surface area contributed by atoms with Crippen LogP contribution in [0.1, 0.15) is 45.4 Å². The Kier molecular flexibility index (Phi) is 7.96. The number of nitrogens with zero attached hydrogens (tertiary/aromatic N) is 6. The van der Waals surface area contributed by atoms with Crippen LogP contribution in [0, 0.1) is 11.8 Å². The van der Waals surface area contributed by atoms with Crippen molar-refractivity contribution in [2.24, 2.45) is 16.8 Å². The molecule has 0 spiro atoms. The van der Waals surface area contributed by atoms with E-state index in [2.05, 4.69) is 43.7 Å². The Morgan fingerprint density at radius 3 is 2.64 bits per heavy atom. The molecule has 8 heteroatoms. The number of piperazine rings is 1. The highest BCUT2D eigenvalue weighted by molar-refractivity contribution is 14.0. The third-order valence-electron chi connectivity index (χ3n) is 6.73. The average molecular weight is 501 g/mol. The van der Waals surface area contributed by atoms with E-state index in [1.807, 2.05) is 6.33 Å². The summed E-state index contributed by atoms with van der Waals surface area (Å²) in [5, 5.41) is 11.7. The van der Waals surface area contributed by atoms with E-state index in [0.29, 0.717) is 0 Å². The quantitative estimate of drug-likeness (QED) is 0.368. The molecule has 1 aromatic heterocycles. The molecule has 3 atom stereocenters. The van der Waals surface area contributed by atoms with E-state index < -0.39 is 0 Å². The van der Waals surface area contributed by atoms with E-state index in [1.54, 1.807) is 0 Å². The lowest BCUT2D eigenvalue weighted by molar-refractivity contribution is 0.0958. The highest BCUT2D eigenvalue weighted by Gasteiger charge is 2.42. The van der Waals surface area contributed by atoms with Crippen LogP contribution in [0.15, 0.2) is 11.3 Å². The fourth-order valence-electron chi connectivity index (χ4n) is 5.35. The van der Waals surface area contributed by atoms with Gasteiger partial charge in [0.05, 0.1) is 6.54 Å². The van der Waals surface area contributed by atoms with Gasteiger partial charge in [0.2, 0.25) is 0 Å². The smallest absolute Gasteiger partial charge is 0.194 e. The summed E-state index contributed by atoms with van der Waals surface area (Å²) >= 11 is 0. The van der Waals surface area contributed by atoms with Gasteiger partial charge in [-0.3, -0.25) is 9.89 Å².